The molecule has 0 saturated carbocycles. The third-order valence-corrected chi connectivity index (χ3v) is 3.05. The van der Waals surface area contributed by atoms with Crippen LogP contribution in [0.15, 0.2) is 30.3 Å². The first-order valence-corrected chi connectivity index (χ1v) is 6.55. The van der Waals surface area contributed by atoms with Gasteiger partial charge in [0, 0.05) is 11.1 Å². The smallest absolute Gasteiger partial charge is 0.0705 e. The number of nitrogens with two attached hydrogens (primary N) is 1. The molecule has 4 nitrogen and oxygen atoms in total. The van der Waals surface area contributed by atoms with Gasteiger partial charge in [-0.2, -0.15) is 0 Å². The number of pyridine rings is 1. The normalized spacial score (nSPS) is 13.1. The zero-order valence-corrected chi connectivity index (χ0v) is 11.7. The standard InChI is InChI=1S/C15H21N3O/c1-10(2)19-9-15(18-16)13-6-7-14-12(8-13)5-4-11(3)17-14/h4-8,10,15,18H,9,16H2,1-3H3. The molecule has 3 N–H and O–H groups in total. The summed E-state index contributed by atoms with van der Waals surface area (Å²) in [6.45, 7) is 6.58. The molecule has 0 saturated heterocycles. The van der Waals surface area contributed by atoms with Crippen LogP contribution in [0, 0.1) is 6.92 Å². The minimum atomic E-state index is -0.00639. The maximum Gasteiger partial charge on any atom is 0.0705 e. The van der Waals surface area contributed by atoms with Gasteiger partial charge in [-0.3, -0.25) is 16.3 Å². The Balaban J connectivity index is 2.25. The average Bonchev–Trinajstić information content (AvgIpc) is 2.39. The van der Waals surface area contributed by atoms with Crippen molar-refractivity contribution in [3.05, 3.63) is 41.6 Å². The molecule has 0 amide bonds. The Hall–Kier alpha value is -1.49. The molecule has 0 fully saturated rings. The van der Waals surface area contributed by atoms with Gasteiger partial charge in [0.15, 0.2) is 0 Å². The van der Waals surface area contributed by atoms with Gasteiger partial charge < -0.3 is 4.74 Å². The molecule has 0 aliphatic carbocycles. The number of aromatic nitrogens is 1. The number of nitrogens with zero attached hydrogens (tertiary/aromatic N) is 1. The first-order valence-electron chi connectivity index (χ1n) is 6.55. The minimum absolute atomic E-state index is 0.00639. The Morgan fingerprint density at radius 3 is 2.74 bits per heavy atom. The van der Waals surface area contributed by atoms with E-state index in [0.29, 0.717) is 6.61 Å². The lowest BCUT2D eigenvalue weighted by molar-refractivity contribution is 0.0612. The number of fused-ring (bicyclic) bond motifs is 1. The van der Waals surface area contributed by atoms with Crippen LogP contribution in [0.1, 0.15) is 31.1 Å². The van der Waals surface area contributed by atoms with E-state index >= 15 is 0 Å². The van der Waals surface area contributed by atoms with E-state index in [1.807, 2.05) is 39.0 Å². The second-order valence-corrected chi connectivity index (χ2v) is 5.01. The van der Waals surface area contributed by atoms with E-state index < -0.39 is 0 Å². The van der Waals surface area contributed by atoms with Crippen molar-refractivity contribution < 1.29 is 4.74 Å². The quantitative estimate of drug-likeness (QED) is 0.639. The predicted octanol–water partition coefficient (Wildman–Crippen LogP) is 2.47. The summed E-state index contributed by atoms with van der Waals surface area (Å²) in [7, 11) is 0. The van der Waals surface area contributed by atoms with Crippen molar-refractivity contribution in [1.82, 2.24) is 10.4 Å². The van der Waals surface area contributed by atoms with Gasteiger partial charge in [-0.05, 0) is 44.5 Å². The Bertz CT molecular complexity index is 554. The second kappa shape index (κ2) is 6.10. The fourth-order valence-electron chi connectivity index (χ4n) is 1.99. The van der Waals surface area contributed by atoms with E-state index in [4.69, 9.17) is 10.6 Å². The number of benzene rings is 1. The molecule has 1 unspecified atom stereocenters. The molecule has 2 aromatic rings. The molecule has 0 aliphatic rings. The minimum Gasteiger partial charge on any atom is -0.377 e. The third kappa shape index (κ3) is 3.50. The van der Waals surface area contributed by atoms with Crippen molar-refractivity contribution >= 4 is 10.9 Å². The maximum absolute atomic E-state index is 5.62. The summed E-state index contributed by atoms with van der Waals surface area (Å²) >= 11 is 0. The summed E-state index contributed by atoms with van der Waals surface area (Å²) in [5, 5.41) is 1.12. The van der Waals surface area contributed by atoms with Gasteiger partial charge in [0.25, 0.3) is 0 Å². The Kier molecular flexibility index (Phi) is 4.47. The van der Waals surface area contributed by atoms with E-state index in [1.54, 1.807) is 0 Å². The summed E-state index contributed by atoms with van der Waals surface area (Å²) in [5.41, 5.74) is 5.95. The van der Waals surface area contributed by atoms with Gasteiger partial charge >= 0.3 is 0 Å². The van der Waals surface area contributed by atoms with Crippen LogP contribution < -0.4 is 11.3 Å². The lowest BCUT2D eigenvalue weighted by atomic mass is 10.0. The van der Waals surface area contributed by atoms with E-state index in [9.17, 15) is 0 Å². The van der Waals surface area contributed by atoms with Crippen molar-refractivity contribution in [3.8, 4) is 0 Å². The highest BCUT2D eigenvalue weighted by molar-refractivity contribution is 5.79. The summed E-state index contributed by atoms with van der Waals surface area (Å²) in [4.78, 5) is 4.49. The number of aryl methyl sites for hydroxylation is 1. The highest BCUT2D eigenvalue weighted by atomic mass is 16.5. The van der Waals surface area contributed by atoms with Crippen molar-refractivity contribution in [1.29, 1.82) is 0 Å². The van der Waals surface area contributed by atoms with Crippen molar-refractivity contribution in [2.24, 2.45) is 5.84 Å². The fraction of sp³-hybridized carbons (Fsp3) is 0.400. The van der Waals surface area contributed by atoms with Gasteiger partial charge in [-0.25, -0.2) is 0 Å². The highest BCUT2D eigenvalue weighted by Crippen LogP contribution is 2.20. The van der Waals surface area contributed by atoms with E-state index in [1.165, 1.54) is 0 Å². The molecule has 1 aromatic heterocycles. The predicted molar refractivity (Wildman–Crippen MR) is 77.6 cm³/mol. The van der Waals surface area contributed by atoms with Gasteiger partial charge in [-0.1, -0.05) is 12.1 Å². The lowest BCUT2D eigenvalue weighted by Crippen LogP contribution is -2.32. The van der Waals surface area contributed by atoms with Crippen molar-refractivity contribution in [2.75, 3.05) is 6.61 Å². The molecule has 102 valence electrons. The van der Waals surface area contributed by atoms with E-state index in [-0.39, 0.29) is 12.1 Å². The SMILES string of the molecule is Cc1ccc2cc(C(COC(C)C)NN)ccc2n1. The monoisotopic (exact) mass is 259 g/mol. The van der Waals surface area contributed by atoms with Crippen LogP contribution in [-0.4, -0.2) is 17.7 Å². The largest absolute Gasteiger partial charge is 0.377 e. The number of hydrogen-bond donors (Lipinski definition) is 2. The Labute approximate surface area is 113 Å². The first-order chi connectivity index (χ1) is 9.10. The van der Waals surface area contributed by atoms with Crippen LogP contribution in [0.4, 0.5) is 0 Å². The highest BCUT2D eigenvalue weighted by Gasteiger charge is 2.11. The molecular weight excluding hydrogens is 238 g/mol. The number of nitrogens with one attached hydrogen (secondary N) is 1. The molecule has 0 spiro atoms. The molecule has 2 rings (SSSR count). The van der Waals surface area contributed by atoms with Crippen LogP contribution in [0.2, 0.25) is 0 Å². The van der Waals surface area contributed by atoms with Crippen LogP contribution in [0.3, 0.4) is 0 Å². The molecule has 4 heteroatoms. The molecule has 1 atom stereocenters. The molecular formula is C15H21N3O. The van der Waals surface area contributed by atoms with Gasteiger partial charge in [0.1, 0.15) is 0 Å². The summed E-state index contributed by atoms with van der Waals surface area (Å²) in [6, 6.07) is 10.3. The van der Waals surface area contributed by atoms with Crippen molar-refractivity contribution in [3.63, 3.8) is 0 Å². The Morgan fingerprint density at radius 1 is 1.26 bits per heavy atom. The van der Waals surface area contributed by atoms with Crippen molar-refractivity contribution in [2.45, 2.75) is 32.9 Å². The summed E-state index contributed by atoms with van der Waals surface area (Å²) in [5.74, 6) is 5.61. The molecule has 1 aromatic carbocycles. The van der Waals surface area contributed by atoms with Crippen LogP contribution in [-0.2, 0) is 4.74 Å². The number of hydrogen-bond acceptors (Lipinski definition) is 4. The Morgan fingerprint density at radius 2 is 2.05 bits per heavy atom. The van der Waals surface area contributed by atoms with Gasteiger partial charge in [0.2, 0.25) is 0 Å². The lowest BCUT2D eigenvalue weighted by Gasteiger charge is -2.18. The van der Waals surface area contributed by atoms with Gasteiger partial charge in [0.05, 0.1) is 24.3 Å². The fourth-order valence-corrected chi connectivity index (χ4v) is 1.99. The van der Waals surface area contributed by atoms with Crippen LogP contribution in [0.5, 0.6) is 0 Å². The molecule has 1 heterocycles. The summed E-state index contributed by atoms with van der Waals surface area (Å²) in [6.07, 6.45) is 0.195. The number of ether oxygens (including phenoxy) is 1. The van der Waals surface area contributed by atoms with Crippen LogP contribution in [0.25, 0.3) is 10.9 Å². The first kappa shape index (κ1) is 13.9. The number of rotatable bonds is 5. The molecule has 0 bridgehead atoms. The van der Waals surface area contributed by atoms with Crippen LogP contribution >= 0.6 is 0 Å². The molecule has 0 radical (unpaired) electrons. The topological polar surface area (TPSA) is 60.2 Å². The van der Waals surface area contributed by atoms with E-state index in [0.717, 1.165) is 22.2 Å². The molecule has 19 heavy (non-hydrogen) atoms. The second-order valence-electron chi connectivity index (χ2n) is 5.01. The number of hydrazine groups is 1. The third-order valence-electron chi connectivity index (χ3n) is 3.05. The maximum atomic E-state index is 5.62. The average molecular weight is 259 g/mol. The summed E-state index contributed by atoms with van der Waals surface area (Å²) < 4.78 is 5.62. The van der Waals surface area contributed by atoms with Gasteiger partial charge in [-0.15, -0.1) is 0 Å². The van der Waals surface area contributed by atoms with E-state index in [2.05, 4.69) is 22.5 Å². The molecule has 0 aliphatic heterocycles. The zero-order chi connectivity index (χ0) is 13.8. The zero-order valence-electron chi connectivity index (χ0n) is 11.7.